The number of rotatable bonds is 2. The van der Waals surface area contributed by atoms with Gasteiger partial charge in [-0.25, -0.2) is 0 Å². The molecule has 0 aromatic heterocycles. The fourth-order valence-corrected chi connectivity index (χ4v) is 3.75. The average Bonchev–Trinajstić information content (AvgIpc) is 2.30. The molecule has 2 aliphatic rings. The Morgan fingerprint density at radius 2 is 1.47 bits per heavy atom. The summed E-state index contributed by atoms with van der Waals surface area (Å²) in [6.07, 6.45) is 11.1. The third-order valence-corrected chi connectivity index (χ3v) is 4.85. The van der Waals surface area contributed by atoms with Gasteiger partial charge in [0, 0.05) is 11.3 Å². The van der Waals surface area contributed by atoms with E-state index in [1.165, 1.54) is 44.9 Å². The second kappa shape index (κ2) is 5.54. The molecule has 2 heteroatoms. The highest BCUT2D eigenvalue weighted by molar-refractivity contribution is 6.20. The van der Waals surface area contributed by atoms with Gasteiger partial charge in [0.15, 0.2) is 0 Å². The van der Waals surface area contributed by atoms with Crippen LogP contribution in [0.5, 0.6) is 0 Å². The lowest BCUT2D eigenvalue weighted by atomic mass is 9.75. The van der Waals surface area contributed by atoms with Crippen LogP contribution in [-0.4, -0.2) is 16.6 Å². The molecule has 0 heterocycles. The third kappa shape index (κ3) is 2.88. The van der Waals surface area contributed by atoms with E-state index in [2.05, 4.69) is 0 Å². The Kier molecular flexibility index (Phi) is 4.33. The molecule has 0 bridgehead atoms. The van der Waals surface area contributed by atoms with Crippen molar-refractivity contribution in [1.82, 2.24) is 0 Å². The first-order chi connectivity index (χ1) is 7.29. The normalized spacial score (nSPS) is 36.4. The Balaban J connectivity index is 1.89. The highest BCUT2D eigenvalue weighted by atomic mass is 35.5. The standard InChI is InChI=1S/C13H23ClO/c14-12-9-5-4-8-11(12)13(15)10-6-2-1-3-7-10/h10-13,15H,1-9H2/t11-,12+,13+/m1/s1. The van der Waals surface area contributed by atoms with E-state index in [0.717, 1.165) is 12.8 Å². The van der Waals surface area contributed by atoms with Crippen LogP contribution in [0.3, 0.4) is 0 Å². The number of hydrogen-bond donors (Lipinski definition) is 1. The van der Waals surface area contributed by atoms with Gasteiger partial charge in [0.25, 0.3) is 0 Å². The number of aliphatic hydroxyl groups is 1. The molecule has 2 fully saturated rings. The molecule has 0 aliphatic heterocycles. The van der Waals surface area contributed by atoms with Crippen LogP contribution in [0.4, 0.5) is 0 Å². The first kappa shape index (κ1) is 11.7. The Labute approximate surface area is 98.2 Å². The molecule has 0 amide bonds. The lowest BCUT2D eigenvalue weighted by Crippen LogP contribution is -2.37. The maximum Gasteiger partial charge on any atom is 0.0610 e. The summed E-state index contributed by atoms with van der Waals surface area (Å²) < 4.78 is 0. The van der Waals surface area contributed by atoms with Crippen molar-refractivity contribution in [1.29, 1.82) is 0 Å². The van der Waals surface area contributed by atoms with E-state index < -0.39 is 0 Å². The van der Waals surface area contributed by atoms with Crippen molar-refractivity contribution in [2.24, 2.45) is 11.8 Å². The molecule has 2 aliphatic carbocycles. The molecule has 15 heavy (non-hydrogen) atoms. The molecule has 2 saturated carbocycles. The quantitative estimate of drug-likeness (QED) is 0.717. The maximum atomic E-state index is 10.4. The molecule has 2 rings (SSSR count). The Bertz CT molecular complexity index is 189. The van der Waals surface area contributed by atoms with Crippen LogP contribution in [0.15, 0.2) is 0 Å². The predicted octanol–water partition coefficient (Wildman–Crippen LogP) is 3.73. The van der Waals surface area contributed by atoms with Gasteiger partial charge >= 0.3 is 0 Å². The summed E-state index contributed by atoms with van der Waals surface area (Å²) in [5, 5.41) is 10.6. The van der Waals surface area contributed by atoms with Crippen LogP contribution in [0.1, 0.15) is 57.8 Å². The van der Waals surface area contributed by atoms with Crippen molar-refractivity contribution in [2.45, 2.75) is 69.3 Å². The first-order valence-electron chi connectivity index (χ1n) is 6.61. The fourth-order valence-electron chi connectivity index (χ4n) is 3.32. The smallest absolute Gasteiger partial charge is 0.0610 e. The lowest BCUT2D eigenvalue weighted by molar-refractivity contribution is 0.0204. The second-order valence-corrected chi connectivity index (χ2v) is 5.91. The topological polar surface area (TPSA) is 20.2 Å². The fraction of sp³-hybridized carbons (Fsp3) is 1.00. The van der Waals surface area contributed by atoms with E-state index in [1.54, 1.807) is 0 Å². The van der Waals surface area contributed by atoms with Gasteiger partial charge in [-0.2, -0.15) is 0 Å². The molecular weight excluding hydrogens is 208 g/mol. The Morgan fingerprint density at radius 3 is 2.13 bits per heavy atom. The minimum absolute atomic E-state index is 0.118. The summed E-state index contributed by atoms with van der Waals surface area (Å²) in [5.41, 5.74) is 0. The van der Waals surface area contributed by atoms with E-state index in [4.69, 9.17) is 11.6 Å². The summed E-state index contributed by atoms with van der Waals surface area (Å²) in [4.78, 5) is 0. The Hall–Kier alpha value is 0.250. The summed E-state index contributed by atoms with van der Waals surface area (Å²) in [6, 6.07) is 0. The Morgan fingerprint density at radius 1 is 0.867 bits per heavy atom. The van der Waals surface area contributed by atoms with Crippen LogP contribution in [0, 0.1) is 11.8 Å². The minimum Gasteiger partial charge on any atom is -0.392 e. The second-order valence-electron chi connectivity index (χ2n) is 5.35. The van der Waals surface area contributed by atoms with Crippen molar-refractivity contribution < 1.29 is 5.11 Å². The molecule has 0 aromatic rings. The zero-order chi connectivity index (χ0) is 10.7. The van der Waals surface area contributed by atoms with Gasteiger partial charge in [-0.3, -0.25) is 0 Å². The summed E-state index contributed by atoms with van der Waals surface area (Å²) in [6.45, 7) is 0. The molecule has 1 nitrogen and oxygen atoms in total. The zero-order valence-electron chi connectivity index (χ0n) is 9.50. The highest BCUT2D eigenvalue weighted by Gasteiger charge is 2.34. The van der Waals surface area contributed by atoms with E-state index in [0.29, 0.717) is 11.8 Å². The maximum absolute atomic E-state index is 10.4. The van der Waals surface area contributed by atoms with Crippen molar-refractivity contribution in [3.8, 4) is 0 Å². The van der Waals surface area contributed by atoms with Crippen LogP contribution >= 0.6 is 11.6 Å². The highest BCUT2D eigenvalue weighted by Crippen LogP contribution is 2.37. The molecule has 88 valence electrons. The number of halogens is 1. The molecular formula is C13H23ClO. The number of aliphatic hydroxyl groups excluding tert-OH is 1. The van der Waals surface area contributed by atoms with Gasteiger partial charge in [-0.1, -0.05) is 32.1 Å². The van der Waals surface area contributed by atoms with E-state index in [-0.39, 0.29) is 11.5 Å². The number of alkyl halides is 1. The lowest BCUT2D eigenvalue weighted by Gasteiger charge is -2.36. The number of hydrogen-bond acceptors (Lipinski definition) is 1. The largest absolute Gasteiger partial charge is 0.392 e. The van der Waals surface area contributed by atoms with Crippen LogP contribution in [-0.2, 0) is 0 Å². The molecule has 0 unspecified atom stereocenters. The molecule has 0 spiro atoms. The zero-order valence-corrected chi connectivity index (χ0v) is 10.3. The van der Waals surface area contributed by atoms with Crippen LogP contribution in [0.25, 0.3) is 0 Å². The van der Waals surface area contributed by atoms with Crippen molar-refractivity contribution >= 4 is 11.6 Å². The first-order valence-corrected chi connectivity index (χ1v) is 7.05. The van der Waals surface area contributed by atoms with E-state index in [9.17, 15) is 5.11 Å². The monoisotopic (exact) mass is 230 g/mol. The van der Waals surface area contributed by atoms with Gasteiger partial charge < -0.3 is 5.11 Å². The van der Waals surface area contributed by atoms with Crippen molar-refractivity contribution in [3.63, 3.8) is 0 Å². The van der Waals surface area contributed by atoms with Crippen LogP contribution in [0.2, 0.25) is 0 Å². The van der Waals surface area contributed by atoms with Gasteiger partial charge in [0.2, 0.25) is 0 Å². The minimum atomic E-state index is -0.118. The van der Waals surface area contributed by atoms with E-state index in [1.807, 2.05) is 0 Å². The van der Waals surface area contributed by atoms with Gasteiger partial charge in [-0.15, -0.1) is 11.6 Å². The summed E-state index contributed by atoms with van der Waals surface area (Å²) in [5.74, 6) is 0.923. The average molecular weight is 231 g/mol. The molecule has 0 saturated heterocycles. The van der Waals surface area contributed by atoms with E-state index >= 15 is 0 Å². The molecule has 0 aromatic carbocycles. The van der Waals surface area contributed by atoms with Gasteiger partial charge in [0.1, 0.15) is 0 Å². The van der Waals surface area contributed by atoms with Crippen molar-refractivity contribution in [2.75, 3.05) is 0 Å². The third-order valence-electron chi connectivity index (χ3n) is 4.30. The SMILES string of the molecule is O[C@@H](C1CCCCC1)[C@@H]1CCCC[C@@H]1Cl. The predicted molar refractivity (Wildman–Crippen MR) is 64.2 cm³/mol. The van der Waals surface area contributed by atoms with Crippen molar-refractivity contribution in [3.05, 3.63) is 0 Å². The van der Waals surface area contributed by atoms with Gasteiger partial charge in [-0.05, 0) is 31.6 Å². The molecule has 0 radical (unpaired) electrons. The van der Waals surface area contributed by atoms with Crippen LogP contribution < -0.4 is 0 Å². The summed E-state index contributed by atoms with van der Waals surface area (Å²) >= 11 is 6.34. The molecule has 1 N–H and O–H groups in total. The van der Waals surface area contributed by atoms with Gasteiger partial charge in [0.05, 0.1) is 6.10 Å². The summed E-state index contributed by atoms with van der Waals surface area (Å²) in [7, 11) is 0. The molecule has 3 atom stereocenters.